The van der Waals surface area contributed by atoms with Crippen molar-refractivity contribution in [3.8, 4) is 11.8 Å². The second-order valence-electron chi connectivity index (χ2n) is 4.19. The average Bonchev–Trinajstić information content (AvgIpc) is 2.46. The third kappa shape index (κ3) is 4.25. The second-order valence-corrected chi connectivity index (χ2v) is 5.35. The van der Waals surface area contributed by atoms with Crippen LogP contribution in [-0.4, -0.2) is 6.61 Å². The predicted molar refractivity (Wildman–Crippen MR) is 84.1 cm³/mol. The summed E-state index contributed by atoms with van der Waals surface area (Å²) >= 11 is 2.28. The fourth-order valence-electron chi connectivity index (χ4n) is 1.77. The lowest BCUT2D eigenvalue weighted by Crippen LogP contribution is -2.00. The number of ether oxygens (including phenoxy) is 1. The van der Waals surface area contributed by atoms with Gasteiger partial charge in [-0.25, -0.2) is 0 Å². The SMILES string of the molecule is N#Cc1ccc(CCCOc2ccccc2I)cc1. The quantitative estimate of drug-likeness (QED) is 0.590. The fourth-order valence-corrected chi connectivity index (χ4v) is 2.31. The van der Waals surface area contributed by atoms with E-state index >= 15 is 0 Å². The lowest BCUT2D eigenvalue weighted by molar-refractivity contribution is 0.309. The van der Waals surface area contributed by atoms with Crippen LogP contribution in [0.3, 0.4) is 0 Å². The van der Waals surface area contributed by atoms with Gasteiger partial charge < -0.3 is 4.74 Å². The molecule has 96 valence electrons. The number of hydrogen-bond donors (Lipinski definition) is 0. The molecule has 0 heterocycles. The summed E-state index contributed by atoms with van der Waals surface area (Å²) in [6.07, 6.45) is 1.94. The minimum absolute atomic E-state index is 0.707. The van der Waals surface area contributed by atoms with E-state index in [1.807, 2.05) is 48.5 Å². The molecule has 0 aromatic heterocycles. The summed E-state index contributed by atoms with van der Waals surface area (Å²) < 4.78 is 6.88. The summed E-state index contributed by atoms with van der Waals surface area (Å²) in [6, 6.07) is 17.9. The number of nitriles is 1. The number of aryl methyl sites for hydroxylation is 1. The molecular formula is C16H14INO. The molecule has 0 spiro atoms. The Kier molecular flexibility index (Phi) is 5.22. The van der Waals surface area contributed by atoms with Crippen molar-refractivity contribution in [2.24, 2.45) is 0 Å². The van der Waals surface area contributed by atoms with Gasteiger partial charge in [0.15, 0.2) is 0 Å². The van der Waals surface area contributed by atoms with E-state index in [1.165, 1.54) is 5.56 Å². The molecule has 2 nitrogen and oxygen atoms in total. The molecule has 19 heavy (non-hydrogen) atoms. The molecule has 0 radical (unpaired) electrons. The van der Waals surface area contributed by atoms with Gasteiger partial charge in [0.25, 0.3) is 0 Å². The molecule has 0 N–H and O–H groups in total. The maximum Gasteiger partial charge on any atom is 0.132 e. The van der Waals surface area contributed by atoms with Gasteiger partial charge in [-0.05, 0) is 65.3 Å². The van der Waals surface area contributed by atoms with Gasteiger partial charge in [-0.3, -0.25) is 0 Å². The zero-order valence-electron chi connectivity index (χ0n) is 10.5. The number of rotatable bonds is 5. The Bertz CT molecular complexity index is 572. The van der Waals surface area contributed by atoms with Crippen molar-refractivity contribution >= 4 is 22.6 Å². The van der Waals surface area contributed by atoms with Gasteiger partial charge in [0, 0.05) is 0 Å². The molecule has 2 rings (SSSR count). The van der Waals surface area contributed by atoms with Gasteiger partial charge in [-0.1, -0.05) is 24.3 Å². The van der Waals surface area contributed by atoms with Gasteiger partial charge in [0.05, 0.1) is 21.8 Å². The van der Waals surface area contributed by atoms with Crippen LogP contribution in [0.5, 0.6) is 5.75 Å². The standard InChI is InChI=1S/C16H14INO/c17-15-5-1-2-6-16(15)19-11-3-4-13-7-9-14(12-18)10-8-13/h1-2,5-10H,3-4,11H2. The average molecular weight is 363 g/mol. The molecule has 2 aromatic rings. The van der Waals surface area contributed by atoms with Crippen molar-refractivity contribution in [2.45, 2.75) is 12.8 Å². The highest BCUT2D eigenvalue weighted by Gasteiger charge is 1.99. The van der Waals surface area contributed by atoms with E-state index in [9.17, 15) is 0 Å². The number of para-hydroxylation sites is 1. The summed E-state index contributed by atoms with van der Waals surface area (Å²) in [4.78, 5) is 0. The van der Waals surface area contributed by atoms with Gasteiger partial charge >= 0.3 is 0 Å². The Morgan fingerprint density at radius 3 is 2.47 bits per heavy atom. The highest BCUT2D eigenvalue weighted by Crippen LogP contribution is 2.19. The Labute approximate surface area is 127 Å². The van der Waals surface area contributed by atoms with Gasteiger partial charge in [-0.15, -0.1) is 0 Å². The summed E-state index contributed by atoms with van der Waals surface area (Å²) in [6.45, 7) is 0.708. The van der Waals surface area contributed by atoms with Crippen molar-refractivity contribution in [3.63, 3.8) is 0 Å². The maximum absolute atomic E-state index is 8.72. The van der Waals surface area contributed by atoms with E-state index in [4.69, 9.17) is 10.00 Å². The van der Waals surface area contributed by atoms with Gasteiger partial charge in [0.1, 0.15) is 5.75 Å². The van der Waals surface area contributed by atoms with Crippen LogP contribution >= 0.6 is 22.6 Å². The van der Waals surface area contributed by atoms with Crippen LogP contribution in [0.4, 0.5) is 0 Å². The first kappa shape index (κ1) is 13.9. The molecule has 0 saturated carbocycles. The van der Waals surface area contributed by atoms with Crippen LogP contribution in [0.25, 0.3) is 0 Å². The van der Waals surface area contributed by atoms with Crippen LogP contribution in [0.15, 0.2) is 48.5 Å². The lowest BCUT2D eigenvalue weighted by atomic mass is 10.1. The first-order valence-electron chi connectivity index (χ1n) is 6.16. The second kappa shape index (κ2) is 7.15. The molecule has 2 aromatic carbocycles. The monoisotopic (exact) mass is 363 g/mol. The normalized spacial score (nSPS) is 9.89. The van der Waals surface area contributed by atoms with Gasteiger partial charge in [-0.2, -0.15) is 5.26 Å². The summed E-state index contributed by atoms with van der Waals surface area (Å²) in [5.41, 5.74) is 1.95. The number of benzene rings is 2. The summed E-state index contributed by atoms with van der Waals surface area (Å²) in [7, 11) is 0. The first-order valence-corrected chi connectivity index (χ1v) is 7.24. The Hall–Kier alpha value is -1.54. The summed E-state index contributed by atoms with van der Waals surface area (Å²) in [5.74, 6) is 0.947. The van der Waals surface area contributed by atoms with E-state index in [2.05, 4.69) is 28.7 Å². The third-order valence-electron chi connectivity index (χ3n) is 2.79. The smallest absolute Gasteiger partial charge is 0.132 e. The van der Waals surface area contributed by atoms with Crippen molar-refractivity contribution in [1.29, 1.82) is 5.26 Å². The largest absolute Gasteiger partial charge is 0.492 e. The topological polar surface area (TPSA) is 33.0 Å². The first-order chi connectivity index (χ1) is 9.29. The zero-order chi connectivity index (χ0) is 13.5. The van der Waals surface area contributed by atoms with E-state index in [0.29, 0.717) is 12.2 Å². The molecular weight excluding hydrogens is 349 g/mol. The fraction of sp³-hybridized carbons (Fsp3) is 0.188. The molecule has 0 bridgehead atoms. The molecule has 0 aliphatic rings. The Morgan fingerprint density at radius 2 is 1.79 bits per heavy atom. The minimum Gasteiger partial charge on any atom is -0.492 e. The highest BCUT2D eigenvalue weighted by atomic mass is 127. The third-order valence-corrected chi connectivity index (χ3v) is 3.68. The predicted octanol–water partition coefficient (Wildman–Crippen LogP) is 4.17. The molecule has 0 atom stereocenters. The number of hydrogen-bond acceptors (Lipinski definition) is 2. The van der Waals surface area contributed by atoms with Crippen LogP contribution in [0.2, 0.25) is 0 Å². The number of halogens is 1. The zero-order valence-corrected chi connectivity index (χ0v) is 12.6. The molecule has 0 unspecified atom stereocenters. The molecule has 0 fully saturated rings. The molecule has 0 amide bonds. The number of nitrogens with zero attached hydrogens (tertiary/aromatic N) is 1. The van der Waals surface area contributed by atoms with E-state index in [-0.39, 0.29) is 0 Å². The van der Waals surface area contributed by atoms with Crippen molar-refractivity contribution in [2.75, 3.05) is 6.61 Å². The summed E-state index contributed by atoms with van der Waals surface area (Å²) in [5, 5.41) is 8.72. The van der Waals surface area contributed by atoms with Crippen LogP contribution < -0.4 is 4.74 Å². The molecule has 0 saturated heterocycles. The molecule has 0 aliphatic heterocycles. The van der Waals surface area contributed by atoms with Crippen molar-refractivity contribution < 1.29 is 4.74 Å². The van der Waals surface area contributed by atoms with E-state index in [0.717, 1.165) is 22.2 Å². The highest BCUT2D eigenvalue weighted by molar-refractivity contribution is 14.1. The van der Waals surface area contributed by atoms with Gasteiger partial charge in [0.2, 0.25) is 0 Å². The molecule has 3 heteroatoms. The van der Waals surface area contributed by atoms with Crippen LogP contribution in [0, 0.1) is 14.9 Å². The van der Waals surface area contributed by atoms with Crippen LogP contribution in [0.1, 0.15) is 17.5 Å². The minimum atomic E-state index is 0.707. The maximum atomic E-state index is 8.72. The lowest BCUT2D eigenvalue weighted by Gasteiger charge is -2.07. The van der Waals surface area contributed by atoms with E-state index < -0.39 is 0 Å². The van der Waals surface area contributed by atoms with Crippen molar-refractivity contribution in [3.05, 3.63) is 63.2 Å². The Morgan fingerprint density at radius 1 is 1.05 bits per heavy atom. The van der Waals surface area contributed by atoms with Crippen LogP contribution in [-0.2, 0) is 6.42 Å². The molecule has 0 aliphatic carbocycles. The Balaban J connectivity index is 1.78. The van der Waals surface area contributed by atoms with Crippen molar-refractivity contribution in [1.82, 2.24) is 0 Å². The van der Waals surface area contributed by atoms with E-state index in [1.54, 1.807) is 0 Å².